The molecule has 2 heterocycles. The maximum absolute atomic E-state index is 12.4. The summed E-state index contributed by atoms with van der Waals surface area (Å²) >= 11 is 0. The predicted octanol–water partition coefficient (Wildman–Crippen LogP) is 2.39. The van der Waals surface area contributed by atoms with Crippen molar-refractivity contribution < 1.29 is 14.6 Å². The molecule has 0 saturated carbocycles. The molecule has 1 fully saturated rings. The molecule has 1 aromatic rings. The molecule has 1 aliphatic rings. The molecule has 118 valence electrons. The first-order valence-corrected chi connectivity index (χ1v) is 7.34. The molecule has 1 N–H and O–H groups in total. The van der Waals surface area contributed by atoms with Gasteiger partial charge in [0.1, 0.15) is 17.4 Å². The molecule has 1 amide bonds. The Labute approximate surface area is 130 Å². The van der Waals surface area contributed by atoms with E-state index < -0.39 is 17.8 Å². The largest absolute Gasteiger partial charge is 0.444 e. The molecule has 6 heteroatoms. The second kappa shape index (κ2) is 6.32. The number of pyridine rings is 1. The van der Waals surface area contributed by atoms with Gasteiger partial charge in [-0.1, -0.05) is 6.07 Å². The molecule has 6 nitrogen and oxygen atoms in total. The first-order valence-electron chi connectivity index (χ1n) is 7.34. The normalized spacial score (nSPS) is 22.0. The van der Waals surface area contributed by atoms with Crippen LogP contribution in [0.1, 0.15) is 50.9 Å². The summed E-state index contributed by atoms with van der Waals surface area (Å²) in [6.45, 7) is 5.90. The van der Waals surface area contributed by atoms with Crippen LogP contribution < -0.4 is 0 Å². The Balaban J connectivity index is 2.23. The fraction of sp³-hybridized carbons (Fsp3) is 0.562. The lowest BCUT2D eigenvalue weighted by Crippen LogP contribution is -2.45. The quantitative estimate of drug-likeness (QED) is 0.860. The van der Waals surface area contributed by atoms with Crippen molar-refractivity contribution in [2.45, 2.75) is 51.4 Å². The molecule has 2 rings (SSSR count). The number of aliphatic hydroxyl groups excluding tert-OH is 1. The van der Waals surface area contributed by atoms with Crippen LogP contribution in [0.15, 0.2) is 18.3 Å². The molecule has 0 aromatic carbocycles. The van der Waals surface area contributed by atoms with E-state index in [4.69, 9.17) is 10.00 Å². The van der Waals surface area contributed by atoms with Crippen LogP contribution in [0, 0.1) is 11.3 Å². The Morgan fingerprint density at radius 3 is 2.77 bits per heavy atom. The minimum atomic E-state index is -0.569. The van der Waals surface area contributed by atoms with E-state index >= 15 is 0 Å². The van der Waals surface area contributed by atoms with Gasteiger partial charge in [-0.15, -0.1) is 0 Å². The summed E-state index contributed by atoms with van der Waals surface area (Å²) in [6, 6.07) is 5.06. The number of nitriles is 1. The molecule has 0 radical (unpaired) electrons. The zero-order chi connectivity index (χ0) is 16.3. The zero-order valence-corrected chi connectivity index (χ0v) is 13.1. The summed E-state index contributed by atoms with van der Waals surface area (Å²) in [5, 5.41) is 18.7. The van der Waals surface area contributed by atoms with Gasteiger partial charge in [-0.05, 0) is 45.2 Å². The zero-order valence-electron chi connectivity index (χ0n) is 13.1. The molecule has 1 aliphatic heterocycles. The van der Waals surface area contributed by atoms with Gasteiger partial charge in [0.25, 0.3) is 0 Å². The first-order chi connectivity index (χ1) is 10.3. The average molecular weight is 303 g/mol. The lowest BCUT2D eigenvalue weighted by atomic mass is 9.94. The van der Waals surface area contributed by atoms with Gasteiger partial charge >= 0.3 is 6.09 Å². The Morgan fingerprint density at radius 2 is 2.23 bits per heavy atom. The number of aliphatic hydroxyl groups is 1. The van der Waals surface area contributed by atoms with Crippen molar-refractivity contribution in [1.29, 1.82) is 5.26 Å². The fourth-order valence-electron chi connectivity index (χ4n) is 2.47. The third-order valence-electron chi connectivity index (χ3n) is 3.49. The van der Waals surface area contributed by atoms with Crippen LogP contribution in [0.4, 0.5) is 4.79 Å². The number of ether oxygens (including phenoxy) is 1. The van der Waals surface area contributed by atoms with E-state index in [2.05, 4.69) is 4.98 Å². The first kappa shape index (κ1) is 16.2. The second-order valence-corrected chi connectivity index (χ2v) is 6.46. The summed E-state index contributed by atoms with van der Waals surface area (Å²) in [5.74, 6) is 0. The van der Waals surface area contributed by atoms with E-state index in [0.29, 0.717) is 25.1 Å². The van der Waals surface area contributed by atoms with Crippen LogP contribution in [-0.2, 0) is 4.74 Å². The maximum atomic E-state index is 12.4. The monoisotopic (exact) mass is 303 g/mol. The van der Waals surface area contributed by atoms with Crippen LogP contribution in [0.3, 0.4) is 0 Å². The van der Waals surface area contributed by atoms with Crippen LogP contribution in [-0.4, -0.2) is 39.3 Å². The summed E-state index contributed by atoms with van der Waals surface area (Å²) in [6.07, 6.45) is 1.69. The van der Waals surface area contributed by atoms with Crippen LogP contribution >= 0.6 is 0 Å². The van der Waals surface area contributed by atoms with Gasteiger partial charge in [0.05, 0.1) is 12.1 Å². The van der Waals surface area contributed by atoms with Gasteiger partial charge in [0.15, 0.2) is 0 Å². The Bertz CT molecular complexity index is 572. The number of hydrogen-bond donors (Lipinski definition) is 1. The standard InChI is InChI=1S/C16H21N3O3/c1-16(2,3)22-15(21)19-7-6-13(20)8-14(19)11-4-5-12(9-17)18-10-11/h4-5,10,13-14,20H,6-8H2,1-3H3. The average Bonchev–Trinajstić information content (AvgIpc) is 2.45. The SMILES string of the molecule is CC(C)(C)OC(=O)N1CCC(O)CC1c1ccc(C#N)nc1. The van der Waals surface area contributed by atoms with Crippen molar-refractivity contribution in [3.63, 3.8) is 0 Å². The van der Waals surface area contributed by atoms with Crippen molar-refractivity contribution in [2.75, 3.05) is 6.54 Å². The smallest absolute Gasteiger partial charge is 0.410 e. The number of nitrogens with zero attached hydrogens (tertiary/aromatic N) is 3. The van der Waals surface area contributed by atoms with Gasteiger partial charge in [-0.3, -0.25) is 0 Å². The minimum Gasteiger partial charge on any atom is -0.444 e. The third-order valence-corrected chi connectivity index (χ3v) is 3.49. The van der Waals surface area contributed by atoms with Crippen molar-refractivity contribution in [1.82, 2.24) is 9.88 Å². The summed E-state index contributed by atoms with van der Waals surface area (Å²) in [4.78, 5) is 18.0. The number of likely N-dealkylation sites (tertiary alicyclic amines) is 1. The number of hydrogen-bond acceptors (Lipinski definition) is 5. The van der Waals surface area contributed by atoms with Gasteiger partial charge in [-0.25, -0.2) is 9.78 Å². The van der Waals surface area contributed by atoms with E-state index in [1.807, 2.05) is 26.8 Å². The second-order valence-electron chi connectivity index (χ2n) is 6.46. The van der Waals surface area contributed by atoms with E-state index in [0.717, 1.165) is 5.56 Å². The highest BCUT2D eigenvalue weighted by molar-refractivity contribution is 5.69. The van der Waals surface area contributed by atoms with Crippen LogP contribution in [0.2, 0.25) is 0 Å². The van der Waals surface area contributed by atoms with Gasteiger partial charge in [0, 0.05) is 12.7 Å². The number of piperidine rings is 1. The van der Waals surface area contributed by atoms with E-state index in [9.17, 15) is 9.90 Å². The molecule has 0 bridgehead atoms. The van der Waals surface area contributed by atoms with Crippen molar-refractivity contribution >= 4 is 6.09 Å². The summed E-state index contributed by atoms with van der Waals surface area (Å²) < 4.78 is 5.44. The van der Waals surface area contributed by atoms with E-state index in [1.54, 1.807) is 23.2 Å². The summed E-state index contributed by atoms with van der Waals surface area (Å²) in [7, 11) is 0. The Kier molecular flexibility index (Phi) is 4.67. The molecular formula is C16H21N3O3. The Hall–Kier alpha value is -2.13. The third kappa shape index (κ3) is 3.95. The minimum absolute atomic E-state index is 0.293. The molecule has 1 saturated heterocycles. The molecule has 1 aromatic heterocycles. The topological polar surface area (TPSA) is 86.5 Å². The Morgan fingerprint density at radius 1 is 1.50 bits per heavy atom. The molecule has 2 unspecified atom stereocenters. The molecule has 2 atom stereocenters. The lowest BCUT2D eigenvalue weighted by molar-refractivity contribution is -0.00847. The van der Waals surface area contributed by atoms with Crippen molar-refractivity contribution in [3.05, 3.63) is 29.6 Å². The van der Waals surface area contributed by atoms with Gasteiger partial charge < -0.3 is 14.7 Å². The van der Waals surface area contributed by atoms with Crippen LogP contribution in [0.5, 0.6) is 0 Å². The van der Waals surface area contributed by atoms with Crippen LogP contribution in [0.25, 0.3) is 0 Å². The highest BCUT2D eigenvalue weighted by Gasteiger charge is 2.34. The molecular weight excluding hydrogens is 282 g/mol. The lowest BCUT2D eigenvalue weighted by Gasteiger charge is -2.38. The number of rotatable bonds is 1. The van der Waals surface area contributed by atoms with Gasteiger partial charge in [0.2, 0.25) is 0 Å². The number of carbonyl (C=O) groups is 1. The van der Waals surface area contributed by atoms with Crippen molar-refractivity contribution in [2.24, 2.45) is 0 Å². The maximum Gasteiger partial charge on any atom is 0.410 e. The van der Waals surface area contributed by atoms with E-state index in [1.165, 1.54) is 0 Å². The number of aromatic nitrogens is 1. The highest BCUT2D eigenvalue weighted by atomic mass is 16.6. The van der Waals surface area contributed by atoms with E-state index in [-0.39, 0.29) is 6.04 Å². The highest BCUT2D eigenvalue weighted by Crippen LogP contribution is 2.32. The fourth-order valence-corrected chi connectivity index (χ4v) is 2.47. The molecule has 0 spiro atoms. The summed E-state index contributed by atoms with van der Waals surface area (Å²) in [5.41, 5.74) is 0.549. The molecule has 22 heavy (non-hydrogen) atoms. The number of carbonyl (C=O) groups excluding carboxylic acids is 1. The number of amides is 1. The molecule has 0 aliphatic carbocycles. The van der Waals surface area contributed by atoms with Gasteiger partial charge in [-0.2, -0.15) is 5.26 Å². The van der Waals surface area contributed by atoms with Crippen molar-refractivity contribution in [3.8, 4) is 6.07 Å². The predicted molar refractivity (Wildman–Crippen MR) is 79.9 cm³/mol.